The van der Waals surface area contributed by atoms with Crippen LogP contribution < -0.4 is 5.73 Å². The maximum absolute atomic E-state index is 12.4. The third-order valence-electron chi connectivity index (χ3n) is 2.48. The summed E-state index contributed by atoms with van der Waals surface area (Å²) >= 11 is 0. The Hall–Kier alpha value is -1.27. The molecule has 1 aromatic heterocycles. The van der Waals surface area contributed by atoms with Gasteiger partial charge in [0.2, 0.25) is 0 Å². The fourth-order valence-corrected chi connectivity index (χ4v) is 1.61. The van der Waals surface area contributed by atoms with Crippen molar-refractivity contribution < 1.29 is 13.2 Å². The Morgan fingerprint density at radius 2 is 2.00 bits per heavy atom. The van der Waals surface area contributed by atoms with Gasteiger partial charge in [0, 0.05) is 7.05 Å². The zero-order chi connectivity index (χ0) is 11.9. The van der Waals surface area contributed by atoms with Gasteiger partial charge in [-0.05, 0) is 18.2 Å². The maximum atomic E-state index is 12.4. The molecule has 2 aromatic rings. The number of hydrogen-bond donors (Lipinski definition) is 1. The lowest BCUT2D eigenvalue weighted by Gasteiger charge is -2.05. The number of nitrogens with zero attached hydrogens (tertiary/aromatic N) is 2. The Morgan fingerprint density at radius 1 is 1.35 bits per heavy atom. The summed E-state index contributed by atoms with van der Waals surface area (Å²) in [7, 11) is 1.73. The van der Waals surface area contributed by atoms with Gasteiger partial charge in [-0.15, -0.1) is 12.4 Å². The van der Waals surface area contributed by atoms with Gasteiger partial charge in [-0.25, -0.2) is 4.98 Å². The van der Waals surface area contributed by atoms with Crippen LogP contribution in [-0.4, -0.2) is 9.55 Å². The topological polar surface area (TPSA) is 43.8 Å². The summed E-state index contributed by atoms with van der Waals surface area (Å²) in [5.74, 6) is 0.564. The molecule has 2 rings (SSSR count). The van der Waals surface area contributed by atoms with E-state index in [4.69, 9.17) is 5.73 Å². The van der Waals surface area contributed by atoms with Gasteiger partial charge in [-0.3, -0.25) is 0 Å². The predicted molar refractivity (Wildman–Crippen MR) is 60.9 cm³/mol. The summed E-state index contributed by atoms with van der Waals surface area (Å²) in [6, 6.07) is 3.49. The maximum Gasteiger partial charge on any atom is 0.416 e. The number of nitrogens with two attached hydrogens (primary N) is 1. The first kappa shape index (κ1) is 13.8. The van der Waals surface area contributed by atoms with Gasteiger partial charge >= 0.3 is 6.18 Å². The highest BCUT2D eigenvalue weighted by atomic mass is 35.5. The number of hydrogen-bond acceptors (Lipinski definition) is 2. The molecule has 2 N–H and O–H groups in total. The van der Waals surface area contributed by atoms with Gasteiger partial charge in [0.1, 0.15) is 5.82 Å². The molecule has 0 aliphatic heterocycles. The molecule has 3 nitrogen and oxygen atoms in total. The second-order valence-corrected chi connectivity index (χ2v) is 3.49. The normalized spacial score (nSPS) is 11.6. The number of aryl methyl sites for hydroxylation is 1. The van der Waals surface area contributed by atoms with Crippen LogP contribution in [0.3, 0.4) is 0 Å². The van der Waals surface area contributed by atoms with Crippen molar-refractivity contribution >= 4 is 23.4 Å². The highest BCUT2D eigenvalue weighted by Gasteiger charge is 2.30. The quantitative estimate of drug-likeness (QED) is 0.861. The van der Waals surface area contributed by atoms with E-state index in [1.807, 2.05) is 0 Å². The Labute approximate surface area is 102 Å². The van der Waals surface area contributed by atoms with E-state index < -0.39 is 11.7 Å². The van der Waals surface area contributed by atoms with Crippen LogP contribution in [0.15, 0.2) is 18.2 Å². The SMILES string of the molecule is Cl.Cn1c(CN)nc2cc(C(F)(F)F)ccc21. The molecular formula is C10H11ClF3N3. The van der Waals surface area contributed by atoms with Crippen molar-refractivity contribution in [3.05, 3.63) is 29.6 Å². The molecule has 1 aromatic carbocycles. The smallest absolute Gasteiger partial charge is 0.330 e. The number of fused-ring (bicyclic) bond motifs is 1. The predicted octanol–water partition coefficient (Wildman–Crippen LogP) is 2.47. The van der Waals surface area contributed by atoms with Crippen molar-refractivity contribution in [3.8, 4) is 0 Å². The largest absolute Gasteiger partial charge is 0.416 e. The second kappa shape index (κ2) is 4.54. The number of alkyl halides is 3. The molecule has 0 bridgehead atoms. The van der Waals surface area contributed by atoms with Gasteiger partial charge in [-0.2, -0.15) is 13.2 Å². The molecule has 0 unspecified atom stereocenters. The van der Waals surface area contributed by atoms with Crippen molar-refractivity contribution in [1.82, 2.24) is 9.55 Å². The summed E-state index contributed by atoms with van der Waals surface area (Å²) < 4.78 is 39.0. The lowest BCUT2D eigenvalue weighted by Crippen LogP contribution is -2.04. The molecule has 0 radical (unpaired) electrons. The molecule has 1 heterocycles. The van der Waals surface area contributed by atoms with Crippen molar-refractivity contribution in [2.45, 2.75) is 12.7 Å². The molecule has 0 aliphatic rings. The zero-order valence-electron chi connectivity index (χ0n) is 8.95. The molecule has 94 valence electrons. The molecule has 0 saturated heterocycles. The minimum Gasteiger partial charge on any atom is -0.330 e. The van der Waals surface area contributed by atoms with Gasteiger partial charge in [0.15, 0.2) is 0 Å². The van der Waals surface area contributed by atoms with Crippen LogP contribution in [0.5, 0.6) is 0 Å². The first-order valence-electron chi connectivity index (χ1n) is 4.66. The molecule has 17 heavy (non-hydrogen) atoms. The van der Waals surface area contributed by atoms with Crippen molar-refractivity contribution in [2.24, 2.45) is 12.8 Å². The number of benzene rings is 1. The third kappa shape index (κ3) is 2.37. The number of aromatic nitrogens is 2. The average molecular weight is 266 g/mol. The van der Waals surface area contributed by atoms with E-state index in [9.17, 15) is 13.2 Å². The van der Waals surface area contributed by atoms with Gasteiger partial charge in [-0.1, -0.05) is 0 Å². The minimum atomic E-state index is -4.34. The van der Waals surface area contributed by atoms with Gasteiger partial charge < -0.3 is 10.3 Å². The van der Waals surface area contributed by atoms with Crippen molar-refractivity contribution in [1.29, 1.82) is 0 Å². The highest BCUT2D eigenvalue weighted by Crippen LogP contribution is 2.31. The zero-order valence-corrected chi connectivity index (χ0v) is 9.77. The van der Waals surface area contributed by atoms with Crippen LogP contribution in [0.2, 0.25) is 0 Å². The summed E-state index contributed by atoms with van der Waals surface area (Å²) in [4.78, 5) is 4.04. The molecule has 0 amide bonds. The second-order valence-electron chi connectivity index (χ2n) is 3.49. The lowest BCUT2D eigenvalue weighted by atomic mass is 10.2. The lowest BCUT2D eigenvalue weighted by molar-refractivity contribution is -0.137. The molecule has 0 saturated carbocycles. The Morgan fingerprint density at radius 3 is 2.53 bits per heavy atom. The average Bonchev–Trinajstić information content (AvgIpc) is 2.54. The van der Waals surface area contributed by atoms with Crippen LogP contribution in [0, 0.1) is 0 Å². The van der Waals surface area contributed by atoms with E-state index in [1.54, 1.807) is 11.6 Å². The summed E-state index contributed by atoms with van der Waals surface area (Å²) in [6.07, 6.45) is -4.34. The Balaban J connectivity index is 0.00000144. The van der Waals surface area contributed by atoms with Crippen molar-refractivity contribution in [2.75, 3.05) is 0 Å². The molecule has 0 atom stereocenters. The van der Waals surface area contributed by atoms with E-state index in [2.05, 4.69) is 4.98 Å². The van der Waals surface area contributed by atoms with Crippen LogP contribution in [-0.2, 0) is 19.8 Å². The molecular weight excluding hydrogens is 255 g/mol. The summed E-state index contributed by atoms with van der Waals surface area (Å²) in [5, 5.41) is 0. The van der Waals surface area contributed by atoms with Crippen LogP contribution in [0.1, 0.15) is 11.4 Å². The number of imidazole rings is 1. The first-order chi connectivity index (χ1) is 7.43. The molecule has 0 fully saturated rings. The van der Waals surface area contributed by atoms with Gasteiger partial charge in [0.05, 0.1) is 23.1 Å². The van der Waals surface area contributed by atoms with Crippen LogP contribution >= 0.6 is 12.4 Å². The monoisotopic (exact) mass is 265 g/mol. The fourth-order valence-electron chi connectivity index (χ4n) is 1.61. The fraction of sp³-hybridized carbons (Fsp3) is 0.300. The standard InChI is InChI=1S/C10H10F3N3.ClH/c1-16-8-3-2-6(10(11,12)13)4-7(8)15-9(16)5-14;/h2-4H,5,14H2,1H3;1H. The molecule has 0 aliphatic carbocycles. The van der Waals surface area contributed by atoms with E-state index in [1.165, 1.54) is 6.07 Å². The molecule has 7 heteroatoms. The van der Waals surface area contributed by atoms with E-state index in [-0.39, 0.29) is 19.0 Å². The first-order valence-corrected chi connectivity index (χ1v) is 4.66. The Kier molecular flexibility index (Phi) is 3.68. The van der Waals surface area contributed by atoms with E-state index in [0.29, 0.717) is 16.9 Å². The number of rotatable bonds is 1. The number of halogens is 4. The Bertz CT molecular complexity index is 533. The van der Waals surface area contributed by atoms with Crippen LogP contribution in [0.25, 0.3) is 11.0 Å². The summed E-state index contributed by atoms with van der Waals surface area (Å²) in [5.41, 5.74) is 5.70. The van der Waals surface area contributed by atoms with Crippen molar-refractivity contribution in [3.63, 3.8) is 0 Å². The molecule has 0 spiro atoms. The highest BCUT2D eigenvalue weighted by molar-refractivity contribution is 5.85. The van der Waals surface area contributed by atoms with E-state index in [0.717, 1.165) is 12.1 Å². The minimum absolute atomic E-state index is 0. The van der Waals surface area contributed by atoms with Crippen LogP contribution in [0.4, 0.5) is 13.2 Å². The van der Waals surface area contributed by atoms with Gasteiger partial charge in [0.25, 0.3) is 0 Å². The van der Waals surface area contributed by atoms with E-state index >= 15 is 0 Å². The summed E-state index contributed by atoms with van der Waals surface area (Å²) in [6.45, 7) is 0.201. The third-order valence-corrected chi connectivity index (χ3v) is 2.48.